The van der Waals surface area contributed by atoms with E-state index < -0.39 is 18.1 Å². The number of carbonyl (C=O) groups excluding carboxylic acids is 2. The fraction of sp³-hybridized carbons (Fsp3) is 0.188. The number of carboxylic acid groups (broad SMARTS) is 1. The van der Waals surface area contributed by atoms with Crippen LogP contribution in [0.25, 0.3) is 0 Å². The molecule has 0 aliphatic rings. The number of halogens is 4. The zero-order chi connectivity index (χ0) is 19.3. The number of hydrogen-bond acceptors (Lipinski definition) is 6. The molecule has 0 aliphatic carbocycles. The molecule has 138 valence electrons. The molecule has 0 saturated carbocycles. The molecule has 11 heteroatoms. The molecule has 0 radical (unpaired) electrons. The van der Waals surface area contributed by atoms with Gasteiger partial charge in [0.25, 0.3) is 0 Å². The Labute approximate surface area is 207 Å². The first-order valence-electron chi connectivity index (χ1n) is 7.01. The van der Waals surface area contributed by atoms with Gasteiger partial charge in [-0.15, -0.1) is 13.2 Å². The Hall–Kier alpha value is -0.434. The second-order valence-corrected chi connectivity index (χ2v) is 6.77. The number of ketones is 1. The Morgan fingerprint density at radius 3 is 2.59 bits per heavy atom. The van der Waals surface area contributed by atoms with E-state index in [0.717, 1.165) is 23.9 Å². The van der Waals surface area contributed by atoms with Gasteiger partial charge in [0.1, 0.15) is 16.6 Å². The number of carboxylic acids is 1. The summed E-state index contributed by atoms with van der Waals surface area (Å²) in [6, 6.07) is 6.33. The molecule has 0 fully saturated rings. The monoisotopic (exact) mass is 487 g/mol. The predicted octanol–water partition coefficient (Wildman–Crippen LogP) is 0.0141. The summed E-state index contributed by atoms with van der Waals surface area (Å²) in [6.07, 6.45) is -3.60. The van der Waals surface area contributed by atoms with Gasteiger partial charge < -0.3 is 14.6 Å². The number of aromatic nitrogens is 1. The summed E-state index contributed by atoms with van der Waals surface area (Å²) in [5.74, 6) is -2.27. The van der Waals surface area contributed by atoms with Gasteiger partial charge in [-0.3, -0.25) is 4.79 Å². The Morgan fingerprint density at radius 2 is 1.96 bits per heavy atom. The number of pyridine rings is 1. The first-order valence-corrected chi connectivity index (χ1v) is 8.78. The zero-order valence-corrected chi connectivity index (χ0v) is 19.4. The fourth-order valence-electron chi connectivity index (χ4n) is 1.96. The van der Waals surface area contributed by atoms with Gasteiger partial charge in [-0.05, 0) is 35.9 Å². The minimum Gasteiger partial charge on any atom is -0.545 e. The van der Waals surface area contributed by atoms with Crippen LogP contribution in [0.4, 0.5) is 13.2 Å². The number of hydrogen-bond donors (Lipinski definition) is 0. The van der Waals surface area contributed by atoms with E-state index in [9.17, 15) is 27.9 Å². The van der Waals surface area contributed by atoms with Crippen LogP contribution in [0, 0.1) is 0 Å². The van der Waals surface area contributed by atoms with Crippen LogP contribution in [0.5, 0.6) is 5.75 Å². The molecule has 0 N–H and O–H groups in total. The van der Waals surface area contributed by atoms with E-state index in [1.165, 1.54) is 24.4 Å². The van der Waals surface area contributed by atoms with Gasteiger partial charge in [-0.25, -0.2) is 4.98 Å². The molecule has 0 atom stereocenters. The van der Waals surface area contributed by atoms with Crippen molar-refractivity contribution < 1.29 is 84.0 Å². The van der Waals surface area contributed by atoms with Crippen LogP contribution >= 0.6 is 27.7 Å². The number of nitrogens with zero attached hydrogens (tertiary/aromatic N) is 1. The van der Waals surface area contributed by atoms with E-state index in [1.807, 2.05) is 0 Å². The number of ether oxygens (including phenoxy) is 1. The van der Waals surface area contributed by atoms with Crippen molar-refractivity contribution >= 4 is 39.4 Å². The smallest absolute Gasteiger partial charge is 0.545 e. The minimum absolute atomic E-state index is 0. The number of carbonyl (C=O) groups is 2. The number of thioether (sulfide) groups is 1. The summed E-state index contributed by atoms with van der Waals surface area (Å²) in [7, 11) is 0. The molecule has 0 bridgehead atoms. The summed E-state index contributed by atoms with van der Waals surface area (Å²) in [5, 5.41) is 11.1. The van der Waals surface area contributed by atoms with Crippen molar-refractivity contribution in [3.05, 3.63) is 52.1 Å². The summed E-state index contributed by atoms with van der Waals surface area (Å²) in [5.41, 5.74) is 0.186. The van der Waals surface area contributed by atoms with Crippen molar-refractivity contribution in [2.75, 3.05) is 5.75 Å². The van der Waals surface area contributed by atoms with Crippen LogP contribution in [0.15, 0.2) is 46.0 Å². The molecule has 0 amide bonds. The quantitative estimate of drug-likeness (QED) is 0.404. The van der Waals surface area contributed by atoms with Crippen LogP contribution in [0.2, 0.25) is 0 Å². The van der Waals surface area contributed by atoms with Crippen LogP contribution < -0.4 is 61.2 Å². The van der Waals surface area contributed by atoms with E-state index >= 15 is 0 Å². The number of alkyl halides is 3. The van der Waals surface area contributed by atoms with Crippen LogP contribution in [-0.2, 0) is 11.2 Å². The van der Waals surface area contributed by atoms with Crippen molar-refractivity contribution in [2.24, 2.45) is 0 Å². The predicted molar refractivity (Wildman–Crippen MR) is 88.8 cm³/mol. The maximum Gasteiger partial charge on any atom is 1.00 e. The standard InChI is InChI=1S/C16H11BrF3NO4S.K/c17-13-4-3-11(25-16(18,19)20)7-9(13)6-10(22)8-26-14-12(15(23)24)2-1-5-21-14;/h1-5,7H,6,8H2,(H,23,24);/q;+1/p-1. The van der Waals surface area contributed by atoms with E-state index in [0.29, 0.717) is 10.0 Å². The number of aromatic carboxylic acids is 1. The molecule has 0 spiro atoms. The summed E-state index contributed by atoms with van der Waals surface area (Å²) in [6.45, 7) is 0. The van der Waals surface area contributed by atoms with Gasteiger partial charge >= 0.3 is 57.7 Å². The van der Waals surface area contributed by atoms with Crippen LogP contribution in [0.3, 0.4) is 0 Å². The average Bonchev–Trinajstić information content (AvgIpc) is 2.55. The van der Waals surface area contributed by atoms with E-state index in [-0.39, 0.29) is 79.9 Å². The molecule has 1 aromatic heterocycles. The Balaban J connectivity index is 0.00000364. The number of benzene rings is 1. The molecule has 0 aliphatic heterocycles. The Kier molecular flexibility index (Phi) is 9.96. The Morgan fingerprint density at radius 1 is 1.26 bits per heavy atom. The second-order valence-electron chi connectivity index (χ2n) is 4.95. The summed E-state index contributed by atoms with van der Waals surface area (Å²) < 4.78 is 41.1. The van der Waals surface area contributed by atoms with Gasteiger partial charge in [0.15, 0.2) is 0 Å². The minimum atomic E-state index is -4.83. The molecule has 1 heterocycles. The van der Waals surface area contributed by atoms with E-state index in [4.69, 9.17) is 0 Å². The molecule has 1 aromatic carbocycles. The van der Waals surface area contributed by atoms with Crippen LogP contribution in [-0.4, -0.2) is 28.9 Å². The zero-order valence-electron chi connectivity index (χ0n) is 13.9. The maximum absolute atomic E-state index is 12.3. The molecule has 0 saturated heterocycles. The van der Waals surface area contributed by atoms with Gasteiger partial charge in [0.2, 0.25) is 0 Å². The summed E-state index contributed by atoms with van der Waals surface area (Å²) >= 11 is 4.09. The fourth-order valence-corrected chi connectivity index (χ4v) is 3.19. The molecular formula is C16H10BrF3KNO4S. The normalized spacial score (nSPS) is 10.8. The SMILES string of the molecule is O=C(CSc1ncccc1C(=O)[O-])Cc1cc(OC(F)(F)F)ccc1Br.[K+]. The van der Waals surface area contributed by atoms with Crippen molar-refractivity contribution in [1.82, 2.24) is 4.98 Å². The molecule has 27 heavy (non-hydrogen) atoms. The Bertz CT molecular complexity index is 836. The van der Waals surface area contributed by atoms with E-state index in [2.05, 4.69) is 25.7 Å². The third-order valence-corrected chi connectivity index (χ3v) is 4.84. The third-order valence-electron chi connectivity index (χ3n) is 3.00. The van der Waals surface area contributed by atoms with E-state index in [1.54, 1.807) is 0 Å². The van der Waals surface area contributed by atoms with Gasteiger partial charge in [0.05, 0.1) is 11.7 Å². The first-order chi connectivity index (χ1) is 12.2. The van der Waals surface area contributed by atoms with Crippen molar-refractivity contribution in [2.45, 2.75) is 17.8 Å². The van der Waals surface area contributed by atoms with Gasteiger partial charge in [-0.1, -0.05) is 27.7 Å². The third kappa shape index (κ3) is 8.22. The van der Waals surface area contributed by atoms with Crippen molar-refractivity contribution in [3.63, 3.8) is 0 Å². The first kappa shape index (κ1) is 24.6. The summed E-state index contributed by atoms with van der Waals surface area (Å²) in [4.78, 5) is 27.0. The second kappa shape index (κ2) is 10.9. The molecular weight excluding hydrogens is 478 g/mol. The number of rotatable bonds is 7. The van der Waals surface area contributed by atoms with Crippen LogP contribution in [0.1, 0.15) is 15.9 Å². The van der Waals surface area contributed by atoms with Crippen molar-refractivity contribution in [1.29, 1.82) is 0 Å². The molecule has 2 rings (SSSR count). The molecule has 2 aromatic rings. The number of Topliss-reactive ketones (excluding diaryl/α,β-unsaturated/α-hetero) is 1. The van der Waals surface area contributed by atoms with Crippen molar-refractivity contribution in [3.8, 4) is 5.75 Å². The van der Waals surface area contributed by atoms with Gasteiger partial charge in [-0.2, -0.15) is 0 Å². The topological polar surface area (TPSA) is 79.3 Å². The molecule has 5 nitrogen and oxygen atoms in total. The molecule has 0 unspecified atom stereocenters. The largest absolute Gasteiger partial charge is 1.00 e. The van der Waals surface area contributed by atoms with Gasteiger partial charge in [0, 0.05) is 22.7 Å². The maximum atomic E-state index is 12.3. The average molecular weight is 488 g/mol.